The van der Waals surface area contributed by atoms with Gasteiger partial charge in [-0.2, -0.15) is 0 Å². The first-order valence-electron chi connectivity index (χ1n) is 7.46. The van der Waals surface area contributed by atoms with E-state index in [4.69, 9.17) is 10.5 Å². The number of hydrogen-bond acceptors (Lipinski definition) is 3. The summed E-state index contributed by atoms with van der Waals surface area (Å²) in [6.07, 6.45) is 4.31. The quantitative estimate of drug-likeness (QED) is 0.871. The molecule has 0 heterocycles. The molecule has 1 aliphatic rings. The van der Waals surface area contributed by atoms with Crippen LogP contribution in [0.3, 0.4) is 0 Å². The predicted molar refractivity (Wildman–Crippen MR) is 86.8 cm³/mol. The van der Waals surface area contributed by atoms with Crippen molar-refractivity contribution in [2.24, 2.45) is 11.7 Å². The van der Waals surface area contributed by atoms with Crippen LogP contribution in [0.1, 0.15) is 31.2 Å². The van der Waals surface area contributed by atoms with E-state index >= 15 is 0 Å². The van der Waals surface area contributed by atoms with Crippen LogP contribution in [0.2, 0.25) is 0 Å². The van der Waals surface area contributed by atoms with E-state index in [0.29, 0.717) is 13.0 Å². The molecule has 1 aromatic carbocycles. The third-order valence-corrected chi connectivity index (χ3v) is 4.01. The second-order valence-electron chi connectivity index (χ2n) is 5.63. The highest BCUT2D eigenvalue weighted by Gasteiger charge is 2.24. The van der Waals surface area contributed by atoms with Crippen molar-refractivity contribution in [3.63, 3.8) is 0 Å². The fourth-order valence-corrected chi connectivity index (χ4v) is 2.81. The number of methoxy groups -OCH3 is 1. The van der Waals surface area contributed by atoms with Crippen LogP contribution >= 0.6 is 12.4 Å². The van der Waals surface area contributed by atoms with Gasteiger partial charge in [0, 0.05) is 18.5 Å². The van der Waals surface area contributed by atoms with Gasteiger partial charge in [-0.25, -0.2) is 4.39 Å². The molecule has 0 aromatic heterocycles. The Balaban J connectivity index is 0.00000242. The summed E-state index contributed by atoms with van der Waals surface area (Å²) in [5, 5.41) is 2.92. The highest BCUT2D eigenvalue weighted by Crippen LogP contribution is 2.23. The number of carbonyl (C=O) groups is 1. The molecule has 0 spiro atoms. The lowest BCUT2D eigenvalue weighted by Crippen LogP contribution is -2.38. The van der Waals surface area contributed by atoms with Crippen LogP contribution in [-0.4, -0.2) is 25.6 Å². The van der Waals surface area contributed by atoms with Crippen molar-refractivity contribution in [3.8, 4) is 5.75 Å². The minimum Gasteiger partial charge on any atom is -0.494 e. The number of hydrogen-bond donors (Lipinski definition) is 2. The van der Waals surface area contributed by atoms with E-state index in [1.54, 1.807) is 6.07 Å². The maximum atomic E-state index is 13.5. The summed E-state index contributed by atoms with van der Waals surface area (Å²) in [7, 11) is 1.44. The molecule has 0 bridgehead atoms. The topological polar surface area (TPSA) is 64.3 Å². The van der Waals surface area contributed by atoms with Gasteiger partial charge in [0.2, 0.25) is 5.91 Å². The number of halogens is 2. The van der Waals surface area contributed by atoms with Gasteiger partial charge in [-0.15, -0.1) is 12.4 Å². The molecular weight excluding hydrogens is 307 g/mol. The number of ether oxygens (including phenoxy) is 1. The third kappa shape index (κ3) is 5.14. The van der Waals surface area contributed by atoms with Gasteiger partial charge in [0.1, 0.15) is 0 Å². The first kappa shape index (κ1) is 18.7. The molecule has 22 heavy (non-hydrogen) atoms. The molecule has 1 fully saturated rings. The Hall–Kier alpha value is -1.33. The van der Waals surface area contributed by atoms with Gasteiger partial charge < -0.3 is 15.8 Å². The van der Waals surface area contributed by atoms with E-state index in [2.05, 4.69) is 5.32 Å². The van der Waals surface area contributed by atoms with E-state index in [1.807, 2.05) is 6.07 Å². The van der Waals surface area contributed by atoms with Crippen molar-refractivity contribution in [1.29, 1.82) is 0 Å². The Bertz CT molecular complexity index is 499. The highest BCUT2D eigenvalue weighted by molar-refractivity contribution is 5.85. The molecule has 0 saturated heterocycles. The summed E-state index contributed by atoms with van der Waals surface area (Å²) >= 11 is 0. The number of amides is 1. The largest absolute Gasteiger partial charge is 0.494 e. The first-order valence-corrected chi connectivity index (χ1v) is 7.46. The number of carbonyl (C=O) groups excluding carboxylic acids is 1. The minimum atomic E-state index is -0.375. The monoisotopic (exact) mass is 330 g/mol. The van der Waals surface area contributed by atoms with Crippen molar-refractivity contribution in [3.05, 3.63) is 29.6 Å². The van der Waals surface area contributed by atoms with Gasteiger partial charge in [-0.05, 0) is 43.4 Å². The fourth-order valence-electron chi connectivity index (χ4n) is 2.81. The summed E-state index contributed by atoms with van der Waals surface area (Å²) in [4.78, 5) is 12.0. The highest BCUT2D eigenvalue weighted by atomic mass is 35.5. The zero-order valence-electron chi connectivity index (χ0n) is 12.8. The number of nitrogens with two attached hydrogens (primary N) is 1. The maximum absolute atomic E-state index is 13.5. The fraction of sp³-hybridized carbons (Fsp3) is 0.562. The molecule has 6 heteroatoms. The number of rotatable bonds is 5. The van der Waals surface area contributed by atoms with E-state index in [9.17, 15) is 9.18 Å². The van der Waals surface area contributed by atoms with Gasteiger partial charge >= 0.3 is 0 Å². The van der Waals surface area contributed by atoms with Crippen molar-refractivity contribution in [2.45, 2.75) is 38.1 Å². The normalized spacial score (nSPS) is 20.9. The first-order chi connectivity index (χ1) is 10.1. The Morgan fingerprint density at radius 1 is 1.45 bits per heavy atom. The zero-order valence-corrected chi connectivity index (χ0v) is 13.6. The van der Waals surface area contributed by atoms with Crippen molar-refractivity contribution < 1.29 is 13.9 Å². The lowest BCUT2D eigenvalue weighted by Gasteiger charge is -2.25. The molecule has 4 nitrogen and oxygen atoms in total. The molecule has 1 aliphatic carbocycles. The van der Waals surface area contributed by atoms with E-state index in [1.165, 1.54) is 13.2 Å². The van der Waals surface area contributed by atoms with Crippen molar-refractivity contribution >= 4 is 18.3 Å². The summed E-state index contributed by atoms with van der Waals surface area (Å²) in [5.74, 6) is -0.0425. The molecule has 2 rings (SSSR count). The van der Waals surface area contributed by atoms with Crippen molar-refractivity contribution in [1.82, 2.24) is 5.32 Å². The molecule has 124 valence electrons. The number of nitrogens with one attached hydrogen (secondary N) is 1. The van der Waals surface area contributed by atoms with Gasteiger partial charge in [0.25, 0.3) is 0 Å². The Kier molecular flexibility index (Phi) is 7.62. The van der Waals surface area contributed by atoms with Crippen LogP contribution in [0.15, 0.2) is 18.2 Å². The summed E-state index contributed by atoms with van der Waals surface area (Å²) < 4.78 is 18.4. The minimum absolute atomic E-state index is 0. The van der Waals surface area contributed by atoms with Crippen LogP contribution in [0.25, 0.3) is 0 Å². The van der Waals surface area contributed by atoms with Crippen LogP contribution in [-0.2, 0) is 11.2 Å². The summed E-state index contributed by atoms with van der Waals surface area (Å²) in [6.45, 7) is 0.510. The molecule has 1 amide bonds. The number of benzene rings is 1. The van der Waals surface area contributed by atoms with E-state index in [0.717, 1.165) is 31.2 Å². The molecule has 2 unspecified atom stereocenters. The third-order valence-electron chi connectivity index (χ3n) is 4.01. The Labute approximate surface area is 137 Å². The molecule has 2 atom stereocenters. The summed E-state index contributed by atoms with van der Waals surface area (Å²) in [6, 6.07) is 5.00. The second kappa shape index (κ2) is 8.96. The lowest BCUT2D eigenvalue weighted by atomic mass is 9.85. The van der Waals surface area contributed by atoms with Gasteiger partial charge in [0.05, 0.1) is 7.11 Å². The van der Waals surface area contributed by atoms with E-state index in [-0.39, 0.29) is 41.8 Å². The van der Waals surface area contributed by atoms with E-state index < -0.39 is 0 Å². The second-order valence-corrected chi connectivity index (χ2v) is 5.63. The van der Waals surface area contributed by atoms with Crippen LogP contribution in [0, 0.1) is 11.7 Å². The average molecular weight is 331 g/mol. The molecule has 0 aliphatic heterocycles. The van der Waals surface area contributed by atoms with Gasteiger partial charge in [-0.3, -0.25) is 4.79 Å². The Morgan fingerprint density at radius 3 is 2.86 bits per heavy atom. The predicted octanol–water partition coefficient (Wildman–Crippen LogP) is 2.43. The lowest BCUT2D eigenvalue weighted by molar-refractivity contribution is -0.126. The zero-order chi connectivity index (χ0) is 15.2. The maximum Gasteiger partial charge on any atom is 0.223 e. The van der Waals surface area contributed by atoms with Gasteiger partial charge in [-0.1, -0.05) is 12.5 Å². The van der Waals surface area contributed by atoms with Crippen LogP contribution < -0.4 is 15.8 Å². The molecule has 1 aromatic rings. The molecule has 3 N–H and O–H groups in total. The average Bonchev–Trinajstić information content (AvgIpc) is 2.47. The SMILES string of the molecule is COc1ccc(CCNC(=O)C2CCCC(N)C2)cc1F.Cl. The smallest absolute Gasteiger partial charge is 0.223 e. The van der Waals surface area contributed by atoms with Crippen LogP contribution in [0.4, 0.5) is 4.39 Å². The Morgan fingerprint density at radius 2 is 2.23 bits per heavy atom. The van der Waals surface area contributed by atoms with Crippen LogP contribution in [0.5, 0.6) is 5.75 Å². The summed E-state index contributed by atoms with van der Waals surface area (Å²) in [5.41, 5.74) is 6.73. The van der Waals surface area contributed by atoms with Crippen molar-refractivity contribution in [2.75, 3.05) is 13.7 Å². The molecule has 1 saturated carbocycles. The van der Waals surface area contributed by atoms with Gasteiger partial charge in [0.15, 0.2) is 11.6 Å². The molecular formula is C16H24ClFN2O2. The standard InChI is InChI=1S/C16H23FN2O2.ClH/c1-21-15-6-5-11(9-14(15)17)7-8-19-16(20)12-3-2-4-13(18)10-12;/h5-6,9,12-13H,2-4,7-8,10,18H2,1H3,(H,19,20);1H. The molecule has 0 radical (unpaired) electrons.